The number of carboxylic acids is 1. The molecule has 2 aliphatic rings. The Morgan fingerprint density at radius 1 is 1.20 bits per heavy atom. The number of anilines is 1. The maximum absolute atomic E-state index is 12.9. The number of quaternary nitrogens is 1. The molecule has 6 N–H and O–H groups in total. The molecule has 0 radical (unpaired) electrons. The van der Waals surface area contributed by atoms with Crippen molar-refractivity contribution in [3.63, 3.8) is 0 Å². The molecule has 2 aromatic rings. The molecular formula is C24H30F3N6O6S+. The van der Waals surface area contributed by atoms with Gasteiger partial charge in [-0.3, -0.25) is 4.79 Å². The van der Waals surface area contributed by atoms with Crippen molar-refractivity contribution in [3.8, 4) is 5.75 Å². The number of alkyl halides is 3. The first kappa shape index (κ1) is 30.6. The standard InChI is InChI=1S/C22H28N6O4S.C2HF3O2/c1-22(2,14-32-17-5-3-4-16-13-33(30,31)27-20(23)19(16)17)26-21(29)15-6-7-25-18(12-15)28-10-8-24-9-11-28;3-2(4,5)1(6)7/h3-7,12,24H,8-11,13-14H2,1-2H3,(H2,23,27)(H,26,29);(H,6,7)/p+1. The summed E-state index contributed by atoms with van der Waals surface area (Å²) < 4.78 is 65.0. The summed E-state index contributed by atoms with van der Waals surface area (Å²) in [7, 11) is -3.62. The minimum Gasteiger partial charge on any atom is -0.490 e. The number of pyridine rings is 1. The van der Waals surface area contributed by atoms with E-state index in [0.29, 0.717) is 22.4 Å². The van der Waals surface area contributed by atoms with Crippen LogP contribution in [0.25, 0.3) is 0 Å². The molecule has 16 heteroatoms. The van der Waals surface area contributed by atoms with Crippen molar-refractivity contribution in [2.75, 3.05) is 37.7 Å². The van der Waals surface area contributed by atoms with Gasteiger partial charge >= 0.3 is 12.1 Å². The summed E-state index contributed by atoms with van der Waals surface area (Å²) in [6.07, 6.45) is -3.43. The number of hydrogen-bond donors (Lipinski definition) is 4. The SMILES string of the molecule is CC(C)(COc1cccc2c1C(N)=NS(=O)(=O)C2)NC(=O)c1ccnc(N2CC[NH2+]CC2)c1.O=C(O)C(F)(F)F. The summed E-state index contributed by atoms with van der Waals surface area (Å²) in [5, 5.41) is 12.4. The lowest BCUT2D eigenvalue weighted by Gasteiger charge is -2.28. The number of benzene rings is 1. The predicted molar refractivity (Wildman–Crippen MR) is 139 cm³/mol. The zero-order valence-electron chi connectivity index (χ0n) is 21.7. The van der Waals surface area contributed by atoms with Crippen molar-refractivity contribution in [1.82, 2.24) is 10.3 Å². The molecule has 1 aromatic heterocycles. The van der Waals surface area contributed by atoms with Crippen LogP contribution in [-0.2, 0) is 20.6 Å². The number of carbonyl (C=O) groups is 2. The van der Waals surface area contributed by atoms with E-state index in [4.69, 9.17) is 20.4 Å². The Bertz CT molecular complexity index is 1390. The minimum absolute atomic E-state index is 0.0895. The van der Waals surface area contributed by atoms with E-state index in [1.54, 1.807) is 30.5 Å². The summed E-state index contributed by atoms with van der Waals surface area (Å²) in [5.74, 6) is -2.07. The highest BCUT2D eigenvalue weighted by Crippen LogP contribution is 2.28. The molecule has 0 saturated carbocycles. The molecule has 1 fully saturated rings. The number of aromatic nitrogens is 1. The average Bonchev–Trinajstić information content (AvgIpc) is 2.87. The van der Waals surface area contributed by atoms with Crippen molar-refractivity contribution in [3.05, 3.63) is 53.2 Å². The number of piperazine rings is 1. The van der Waals surface area contributed by atoms with Gasteiger partial charge in [0.1, 0.15) is 24.0 Å². The number of carboxylic acid groups (broad SMARTS) is 1. The van der Waals surface area contributed by atoms with Gasteiger partial charge in [-0.1, -0.05) is 12.1 Å². The molecule has 1 aromatic carbocycles. The molecule has 0 unspecified atom stereocenters. The van der Waals surface area contributed by atoms with Gasteiger partial charge in [-0.2, -0.15) is 13.2 Å². The van der Waals surface area contributed by atoms with Gasteiger partial charge in [0.15, 0.2) is 0 Å². The highest BCUT2D eigenvalue weighted by Gasteiger charge is 2.38. The van der Waals surface area contributed by atoms with Crippen LogP contribution >= 0.6 is 0 Å². The third-order valence-electron chi connectivity index (χ3n) is 5.76. The van der Waals surface area contributed by atoms with Crippen LogP contribution in [0.1, 0.15) is 35.3 Å². The highest BCUT2D eigenvalue weighted by atomic mass is 32.2. The van der Waals surface area contributed by atoms with Gasteiger partial charge in [0.25, 0.3) is 15.9 Å². The van der Waals surface area contributed by atoms with Crippen LogP contribution in [0.4, 0.5) is 19.0 Å². The number of rotatable bonds is 6. The molecule has 12 nitrogen and oxygen atoms in total. The van der Waals surface area contributed by atoms with Gasteiger partial charge in [-0.05, 0) is 37.6 Å². The number of fused-ring (bicyclic) bond motifs is 1. The number of hydrogen-bond acceptors (Lipinski definition) is 8. The number of sulfonamides is 1. The average molecular weight is 588 g/mol. The van der Waals surface area contributed by atoms with Crippen LogP contribution in [0.5, 0.6) is 5.75 Å². The van der Waals surface area contributed by atoms with Crippen molar-refractivity contribution >= 4 is 33.6 Å². The van der Waals surface area contributed by atoms with Crippen LogP contribution in [0.3, 0.4) is 0 Å². The zero-order chi connectivity index (χ0) is 29.7. The normalized spacial score (nSPS) is 16.5. The number of halogens is 3. The molecule has 4 rings (SSSR count). The maximum Gasteiger partial charge on any atom is 0.490 e. The molecule has 0 aliphatic carbocycles. The van der Waals surface area contributed by atoms with Gasteiger partial charge in [0.2, 0.25) is 0 Å². The van der Waals surface area contributed by atoms with Crippen LogP contribution in [0.15, 0.2) is 40.9 Å². The fourth-order valence-electron chi connectivity index (χ4n) is 3.92. The molecular weight excluding hydrogens is 557 g/mol. The molecule has 1 amide bonds. The molecule has 3 heterocycles. The highest BCUT2D eigenvalue weighted by molar-refractivity contribution is 7.89. The fraction of sp³-hybridized carbons (Fsp3) is 0.417. The van der Waals surface area contributed by atoms with E-state index in [1.165, 1.54) is 0 Å². The summed E-state index contributed by atoms with van der Waals surface area (Å²) in [5.41, 5.74) is 6.74. The van der Waals surface area contributed by atoms with Crippen molar-refractivity contribution < 1.29 is 46.3 Å². The predicted octanol–water partition coefficient (Wildman–Crippen LogP) is 0.234. The van der Waals surface area contributed by atoms with Crippen LogP contribution in [-0.4, -0.2) is 80.7 Å². The lowest BCUT2D eigenvalue weighted by atomic mass is 10.0. The molecule has 0 spiro atoms. The van der Waals surface area contributed by atoms with Crippen LogP contribution in [0.2, 0.25) is 0 Å². The van der Waals surface area contributed by atoms with Crippen LogP contribution in [0, 0.1) is 0 Å². The van der Waals surface area contributed by atoms with Crippen molar-refractivity contribution in [2.24, 2.45) is 10.1 Å². The monoisotopic (exact) mass is 587 g/mol. The number of ether oxygens (including phenoxy) is 1. The summed E-state index contributed by atoms with van der Waals surface area (Å²) >= 11 is 0. The number of nitrogens with zero attached hydrogens (tertiary/aromatic N) is 3. The number of nitrogens with two attached hydrogens (primary N) is 2. The topological polar surface area (TPSA) is 181 Å². The summed E-state index contributed by atoms with van der Waals surface area (Å²) in [6, 6.07) is 8.61. The molecule has 1 saturated heterocycles. The molecule has 0 atom stereocenters. The van der Waals surface area contributed by atoms with E-state index in [1.807, 2.05) is 19.9 Å². The first-order valence-electron chi connectivity index (χ1n) is 12.1. The van der Waals surface area contributed by atoms with Gasteiger partial charge in [-0.15, -0.1) is 4.40 Å². The van der Waals surface area contributed by atoms with E-state index in [9.17, 15) is 26.4 Å². The Balaban J connectivity index is 0.000000559. The van der Waals surface area contributed by atoms with E-state index in [2.05, 4.69) is 24.9 Å². The number of amidine groups is 1. The van der Waals surface area contributed by atoms with Crippen LogP contribution < -0.4 is 26.0 Å². The second-order valence-corrected chi connectivity index (χ2v) is 11.3. The minimum atomic E-state index is -5.08. The quantitative estimate of drug-likeness (QED) is 0.368. The number of nitrogens with one attached hydrogen (secondary N) is 1. The maximum atomic E-state index is 12.9. The summed E-state index contributed by atoms with van der Waals surface area (Å²) in [4.78, 5) is 28.4. The second kappa shape index (κ2) is 12.1. The molecule has 218 valence electrons. The Kier molecular flexibility index (Phi) is 9.25. The van der Waals surface area contributed by atoms with E-state index in [0.717, 1.165) is 32.0 Å². The van der Waals surface area contributed by atoms with Gasteiger partial charge in [-0.25, -0.2) is 18.2 Å². The second-order valence-electron chi connectivity index (χ2n) is 9.68. The zero-order valence-corrected chi connectivity index (χ0v) is 22.6. The van der Waals surface area contributed by atoms with E-state index in [-0.39, 0.29) is 24.1 Å². The first-order chi connectivity index (χ1) is 18.6. The Morgan fingerprint density at radius 3 is 2.48 bits per heavy atom. The van der Waals surface area contributed by atoms with Crippen molar-refractivity contribution in [1.29, 1.82) is 0 Å². The molecule has 40 heavy (non-hydrogen) atoms. The third-order valence-corrected chi connectivity index (χ3v) is 6.92. The van der Waals surface area contributed by atoms with Gasteiger partial charge < -0.3 is 31.1 Å². The Labute approximate surface area is 228 Å². The molecule has 0 bridgehead atoms. The largest absolute Gasteiger partial charge is 0.490 e. The number of aliphatic carboxylic acids is 1. The Morgan fingerprint density at radius 2 is 1.85 bits per heavy atom. The smallest absolute Gasteiger partial charge is 0.490 e. The summed E-state index contributed by atoms with van der Waals surface area (Å²) in [6.45, 7) is 7.66. The number of carbonyl (C=O) groups excluding carboxylic acids is 1. The Hall–Kier alpha value is -3.92. The molecule has 2 aliphatic heterocycles. The van der Waals surface area contributed by atoms with Gasteiger partial charge in [0.05, 0.1) is 43.0 Å². The van der Waals surface area contributed by atoms with E-state index >= 15 is 0 Å². The third kappa shape index (κ3) is 8.29. The van der Waals surface area contributed by atoms with E-state index < -0.39 is 27.7 Å². The lowest BCUT2D eigenvalue weighted by molar-refractivity contribution is -0.655. The first-order valence-corrected chi connectivity index (χ1v) is 13.7. The fourth-order valence-corrected chi connectivity index (χ4v) is 5.01. The van der Waals surface area contributed by atoms with Crippen molar-refractivity contribution in [2.45, 2.75) is 31.3 Å². The van der Waals surface area contributed by atoms with Gasteiger partial charge in [0, 0.05) is 11.8 Å². The lowest BCUT2D eigenvalue weighted by Crippen LogP contribution is -2.89. The number of amides is 1.